The van der Waals surface area contributed by atoms with E-state index in [4.69, 9.17) is 0 Å². The number of carbonyl (C=O) groups excluding carboxylic acids is 1. The standard InChI is InChI=1S/C25H33N5OS/c1-7-20-10-12-21(13-11-20)23(29(5)6)15-26-24(31)16-32-25-28-27-19(4)30(25)22-14-17(2)8-9-18(22)3/h8-14,23H,7,15-16H2,1-6H3,(H,26,31). The maximum Gasteiger partial charge on any atom is 0.230 e. The molecule has 1 N–H and O–H groups in total. The number of benzene rings is 2. The number of carbonyl (C=O) groups is 1. The molecule has 0 saturated carbocycles. The molecular formula is C25H33N5OS. The number of aryl methyl sites for hydroxylation is 4. The van der Waals surface area contributed by atoms with E-state index in [-0.39, 0.29) is 17.7 Å². The summed E-state index contributed by atoms with van der Waals surface area (Å²) in [6.07, 6.45) is 1.02. The molecule has 1 atom stereocenters. The predicted molar refractivity (Wildman–Crippen MR) is 132 cm³/mol. The van der Waals surface area contributed by atoms with Crippen LogP contribution < -0.4 is 5.32 Å². The predicted octanol–water partition coefficient (Wildman–Crippen LogP) is 4.27. The van der Waals surface area contributed by atoms with Crippen molar-refractivity contribution in [3.05, 3.63) is 70.5 Å². The van der Waals surface area contributed by atoms with Crippen LogP contribution in [0.2, 0.25) is 0 Å². The zero-order chi connectivity index (χ0) is 23.3. The van der Waals surface area contributed by atoms with Crippen molar-refractivity contribution in [2.45, 2.75) is 45.3 Å². The third kappa shape index (κ3) is 5.78. The summed E-state index contributed by atoms with van der Waals surface area (Å²) >= 11 is 1.41. The highest BCUT2D eigenvalue weighted by Gasteiger charge is 2.18. The summed E-state index contributed by atoms with van der Waals surface area (Å²) in [6.45, 7) is 8.79. The van der Waals surface area contributed by atoms with Crippen molar-refractivity contribution in [1.29, 1.82) is 0 Å². The van der Waals surface area contributed by atoms with Crippen LogP contribution in [0.1, 0.15) is 41.0 Å². The van der Waals surface area contributed by atoms with E-state index in [1.54, 1.807) is 0 Å². The van der Waals surface area contributed by atoms with E-state index in [2.05, 4.69) is 83.6 Å². The number of hydrogen-bond donors (Lipinski definition) is 1. The molecule has 6 nitrogen and oxygen atoms in total. The van der Waals surface area contributed by atoms with E-state index >= 15 is 0 Å². The van der Waals surface area contributed by atoms with Gasteiger partial charge in [0.15, 0.2) is 5.16 Å². The molecule has 170 valence electrons. The van der Waals surface area contributed by atoms with Crippen LogP contribution >= 0.6 is 11.8 Å². The Bertz CT molecular complexity index is 1060. The molecule has 1 unspecified atom stereocenters. The summed E-state index contributed by atoms with van der Waals surface area (Å²) in [4.78, 5) is 14.8. The fourth-order valence-corrected chi connectivity index (χ4v) is 4.46. The van der Waals surface area contributed by atoms with Crippen LogP contribution in [0, 0.1) is 20.8 Å². The maximum absolute atomic E-state index is 12.6. The van der Waals surface area contributed by atoms with Crippen molar-refractivity contribution in [1.82, 2.24) is 25.0 Å². The molecule has 0 spiro atoms. The minimum Gasteiger partial charge on any atom is -0.353 e. The number of rotatable bonds is 9. The van der Waals surface area contributed by atoms with Gasteiger partial charge in [0, 0.05) is 6.54 Å². The first-order valence-electron chi connectivity index (χ1n) is 10.9. The Morgan fingerprint density at radius 2 is 1.81 bits per heavy atom. The molecule has 0 radical (unpaired) electrons. The van der Waals surface area contributed by atoms with Gasteiger partial charge >= 0.3 is 0 Å². The highest BCUT2D eigenvalue weighted by atomic mass is 32.2. The van der Waals surface area contributed by atoms with Crippen molar-refractivity contribution < 1.29 is 4.79 Å². The van der Waals surface area contributed by atoms with Crippen LogP contribution in [0.5, 0.6) is 0 Å². The third-order valence-electron chi connectivity index (χ3n) is 5.62. The van der Waals surface area contributed by atoms with Crippen molar-refractivity contribution in [3.8, 4) is 5.69 Å². The highest BCUT2D eigenvalue weighted by molar-refractivity contribution is 7.99. The summed E-state index contributed by atoms with van der Waals surface area (Å²) in [6, 6.07) is 15.1. The van der Waals surface area contributed by atoms with Gasteiger partial charge in [0.25, 0.3) is 0 Å². The van der Waals surface area contributed by atoms with E-state index < -0.39 is 0 Å². The summed E-state index contributed by atoms with van der Waals surface area (Å²) in [5, 5.41) is 12.4. The van der Waals surface area contributed by atoms with Gasteiger partial charge in [-0.2, -0.15) is 0 Å². The van der Waals surface area contributed by atoms with E-state index in [0.717, 1.165) is 28.7 Å². The maximum atomic E-state index is 12.6. The lowest BCUT2D eigenvalue weighted by Crippen LogP contribution is -2.35. The van der Waals surface area contributed by atoms with Crippen LogP contribution in [-0.4, -0.2) is 52.0 Å². The molecule has 0 fully saturated rings. The molecule has 2 aromatic carbocycles. The van der Waals surface area contributed by atoms with Gasteiger partial charge in [-0.3, -0.25) is 9.36 Å². The average Bonchev–Trinajstić information content (AvgIpc) is 3.14. The van der Waals surface area contributed by atoms with Gasteiger partial charge in [-0.25, -0.2) is 0 Å². The first-order valence-corrected chi connectivity index (χ1v) is 11.9. The zero-order valence-corrected chi connectivity index (χ0v) is 20.7. The topological polar surface area (TPSA) is 63.1 Å². The van der Waals surface area contributed by atoms with Crippen molar-refractivity contribution >= 4 is 17.7 Å². The van der Waals surface area contributed by atoms with Crippen LogP contribution in [0.4, 0.5) is 0 Å². The first kappa shape index (κ1) is 24.0. The minimum absolute atomic E-state index is 0.0137. The molecule has 3 aromatic rings. The largest absolute Gasteiger partial charge is 0.353 e. The molecule has 0 bridgehead atoms. The Hall–Kier alpha value is -2.64. The molecule has 0 aliphatic carbocycles. The van der Waals surface area contributed by atoms with Gasteiger partial charge in [0.1, 0.15) is 5.82 Å². The van der Waals surface area contributed by atoms with Crippen molar-refractivity contribution in [3.63, 3.8) is 0 Å². The Balaban J connectivity index is 1.64. The van der Waals surface area contributed by atoms with Crippen molar-refractivity contribution in [2.24, 2.45) is 0 Å². The second-order valence-corrected chi connectivity index (χ2v) is 9.26. The molecule has 7 heteroatoms. The fourth-order valence-electron chi connectivity index (χ4n) is 3.64. The Morgan fingerprint density at radius 3 is 2.47 bits per heavy atom. The van der Waals surface area contributed by atoms with E-state index in [1.165, 1.54) is 28.5 Å². The van der Waals surface area contributed by atoms with E-state index in [0.29, 0.717) is 6.54 Å². The number of amides is 1. The Morgan fingerprint density at radius 1 is 1.09 bits per heavy atom. The van der Waals surface area contributed by atoms with Crippen molar-refractivity contribution in [2.75, 3.05) is 26.4 Å². The lowest BCUT2D eigenvalue weighted by Gasteiger charge is -2.25. The summed E-state index contributed by atoms with van der Waals surface area (Å²) < 4.78 is 2.03. The Kier molecular flexibility index (Phi) is 8.10. The number of likely N-dealkylation sites (N-methyl/N-ethyl adjacent to an activating group) is 1. The van der Waals surface area contributed by atoms with Gasteiger partial charge in [-0.15, -0.1) is 10.2 Å². The lowest BCUT2D eigenvalue weighted by molar-refractivity contribution is -0.118. The normalized spacial score (nSPS) is 12.2. The molecule has 32 heavy (non-hydrogen) atoms. The lowest BCUT2D eigenvalue weighted by atomic mass is 10.0. The average molecular weight is 452 g/mol. The van der Waals surface area contributed by atoms with Crippen LogP contribution in [0.3, 0.4) is 0 Å². The molecule has 1 aromatic heterocycles. The third-order valence-corrected chi connectivity index (χ3v) is 6.55. The number of aromatic nitrogens is 3. The van der Waals surface area contributed by atoms with E-state index in [1.807, 2.05) is 25.6 Å². The number of nitrogens with one attached hydrogen (secondary N) is 1. The molecule has 1 amide bonds. The smallest absolute Gasteiger partial charge is 0.230 e. The van der Waals surface area contributed by atoms with Crippen LogP contribution in [0.15, 0.2) is 47.6 Å². The monoisotopic (exact) mass is 451 g/mol. The highest BCUT2D eigenvalue weighted by Crippen LogP contribution is 2.25. The minimum atomic E-state index is -0.0137. The second-order valence-electron chi connectivity index (χ2n) is 8.32. The van der Waals surface area contributed by atoms with Gasteiger partial charge in [-0.1, -0.05) is 55.1 Å². The molecule has 1 heterocycles. The fraction of sp³-hybridized carbons (Fsp3) is 0.400. The van der Waals surface area contributed by atoms with Gasteiger partial charge in [0.05, 0.1) is 17.5 Å². The second kappa shape index (κ2) is 10.8. The molecule has 0 saturated heterocycles. The molecule has 3 rings (SSSR count). The summed E-state index contributed by atoms with van der Waals surface area (Å²) in [5.74, 6) is 1.09. The number of nitrogens with zero attached hydrogens (tertiary/aromatic N) is 4. The number of hydrogen-bond acceptors (Lipinski definition) is 5. The molecule has 0 aliphatic rings. The quantitative estimate of drug-likeness (QED) is 0.493. The van der Waals surface area contributed by atoms with Gasteiger partial charge in [0.2, 0.25) is 5.91 Å². The van der Waals surface area contributed by atoms with Gasteiger partial charge < -0.3 is 10.2 Å². The summed E-state index contributed by atoms with van der Waals surface area (Å²) in [5.41, 5.74) is 5.89. The molecule has 0 aliphatic heterocycles. The van der Waals surface area contributed by atoms with Gasteiger partial charge in [-0.05, 0) is 69.6 Å². The SMILES string of the molecule is CCc1ccc(C(CNC(=O)CSc2nnc(C)n2-c2cc(C)ccc2C)N(C)C)cc1. The van der Waals surface area contributed by atoms with Crippen LogP contribution in [-0.2, 0) is 11.2 Å². The van der Waals surface area contributed by atoms with Crippen LogP contribution in [0.25, 0.3) is 5.69 Å². The van der Waals surface area contributed by atoms with E-state index in [9.17, 15) is 4.79 Å². The summed E-state index contributed by atoms with van der Waals surface area (Å²) in [7, 11) is 4.07. The molecular weight excluding hydrogens is 418 g/mol. The zero-order valence-electron chi connectivity index (χ0n) is 19.8. The number of thioether (sulfide) groups is 1. The first-order chi connectivity index (χ1) is 15.3. The Labute approximate surface area is 195 Å².